The van der Waals surface area contributed by atoms with Gasteiger partial charge in [0.1, 0.15) is 0 Å². The third kappa shape index (κ3) is 5.35. The number of hydrogen-bond donors (Lipinski definition) is 2. The molecule has 0 saturated carbocycles. The number of carbonyl (C=O) groups is 3. The number of fused-ring (bicyclic) bond motifs is 1. The van der Waals surface area contributed by atoms with Crippen molar-refractivity contribution in [1.29, 1.82) is 0 Å². The lowest BCUT2D eigenvalue weighted by Crippen LogP contribution is -2.34. The molecule has 1 aromatic rings. The number of hydrogen-bond acceptors (Lipinski definition) is 6. The molecule has 10 heteroatoms. The Balaban J connectivity index is 1.67. The molecule has 2 rings (SSSR count). The third-order valence-corrected chi connectivity index (χ3v) is 5.07. The summed E-state index contributed by atoms with van der Waals surface area (Å²) in [5, 5.41) is 8.48. The van der Waals surface area contributed by atoms with Crippen LogP contribution < -0.4 is 4.72 Å². The van der Waals surface area contributed by atoms with E-state index >= 15 is 0 Å². The molecular weight excluding hydrogens is 364 g/mol. The number of carboxylic acids is 1. The fraction of sp³-hybridized carbons (Fsp3) is 0.438. The highest BCUT2D eigenvalue weighted by Gasteiger charge is 2.34. The van der Waals surface area contributed by atoms with Gasteiger partial charge in [-0.05, 0) is 18.6 Å². The van der Waals surface area contributed by atoms with Crippen molar-refractivity contribution in [2.75, 3.05) is 32.1 Å². The summed E-state index contributed by atoms with van der Waals surface area (Å²) >= 11 is 0. The quantitative estimate of drug-likeness (QED) is 0.408. The number of carboxylic acid groups (broad SMARTS) is 1. The summed E-state index contributed by atoms with van der Waals surface area (Å²) in [7, 11) is -3.56. The molecule has 0 fully saturated rings. The SMILES string of the molecule is O=C(O)CCCNS(=O)(=O)CCOCCN1C(=O)c2ccccc2C1=O. The van der Waals surface area contributed by atoms with Gasteiger partial charge in [0.05, 0.1) is 36.6 Å². The van der Waals surface area contributed by atoms with Crippen molar-refractivity contribution in [3.05, 3.63) is 35.4 Å². The standard InChI is InChI=1S/C16H20N2O7S/c19-14(20)6-3-7-17-26(23,24)11-10-25-9-8-18-15(21)12-4-1-2-5-13(12)16(18)22/h1-2,4-5,17H,3,6-11H2,(H,19,20). The first-order valence-corrected chi connectivity index (χ1v) is 9.69. The van der Waals surface area contributed by atoms with Crippen LogP contribution in [-0.2, 0) is 19.6 Å². The molecule has 142 valence electrons. The molecule has 9 nitrogen and oxygen atoms in total. The van der Waals surface area contributed by atoms with Gasteiger partial charge in [0.25, 0.3) is 11.8 Å². The molecule has 0 aliphatic carbocycles. The molecule has 0 radical (unpaired) electrons. The average molecular weight is 384 g/mol. The van der Waals surface area contributed by atoms with Crippen LogP contribution in [0.2, 0.25) is 0 Å². The van der Waals surface area contributed by atoms with Gasteiger partial charge in [0.15, 0.2) is 0 Å². The topological polar surface area (TPSA) is 130 Å². The number of rotatable bonds is 11. The highest BCUT2D eigenvalue weighted by atomic mass is 32.2. The van der Waals surface area contributed by atoms with Crippen LogP contribution in [0, 0.1) is 0 Å². The monoisotopic (exact) mass is 384 g/mol. The number of nitrogens with one attached hydrogen (secondary N) is 1. The van der Waals surface area contributed by atoms with Crippen LogP contribution in [0.5, 0.6) is 0 Å². The van der Waals surface area contributed by atoms with Crippen LogP contribution >= 0.6 is 0 Å². The van der Waals surface area contributed by atoms with Gasteiger partial charge in [-0.1, -0.05) is 12.1 Å². The molecule has 0 bridgehead atoms. The molecule has 0 spiro atoms. The Bertz CT molecular complexity index is 757. The number of carbonyl (C=O) groups excluding carboxylic acids is 2. The minimum absolute atomic E-state index is 0.0278. The number of amides is 2. The van der Waals surface area contributed by atoms with Crippen LogP contribution in [-0.4, -0.2) is 68.3 Å². The van der Waals surface area contributed by atoms with Crippen molar-refractivity contribution >= 4 is 27.8 Å². The Morgan fingerprint density at radius 3 is 2.31 bits per heavy atom. The Kier molecular flexibility index (Phi) is 6.83. The van der Waals surface area contributed by atoms with Crippen molar-refractivity contribution in [1.82, 2.24) is 9.62 Å². The zero-order valence-electron chi connectivity index (χ0n) is 14.0. The maximum atomic E-state index is 12.1. The first kappa shape index (κ1) is 20.0. The molecule has 1 aromatic carbocycles. The summed E-state index contributed by atoms with van der Waals surface area (Å²) < 4.78 is 30.9. The highest BCUT2D eigenvalue weighted by Crippen LogP contribution is 2.21. The fourth-order valence-electron chi connectivity index (χ4n) is 2.41. The van der Waals surface area contributed by atoms with E-state index in [1.165, 1.54) is 0 Å². The van der Waals surface area contributed by atoms with E-state index in [0.29, 0.717) is 11.1 Å². The van der Waals surface area contributed by atoms with Crippen molar-refractivity contribution in [2.24, 2.45) is 0 Å². The normalized spacial score (nSPS) is 13.9. The summed E-state index contributed by atoms with van der Waals surface area (Å²) in [5.74, 6) is -2.05. The lowest BCUT2D eigenvalue weighted by atomic mass is 10.1. The number of nitrogens with zero attached hydrogens (tertiary/aromatic N) is 1. The van der Waals surface area contributed by atoms with Gasteiger partial charge in [-0.15, -0.1) is 0 Å². The van der Waals surface area contributed by atoms with Crippen molar-refractivity contribution in [2.45, 2.75) is 12.8 Å². The predicted molar refractivity (Wildman–Crippen MR) is 91.3 cm³/mol. The van der Waals surface area contributed by atoms with E-state index in [2.05, 4.69) is 4.72 Å². The average Bonchev–Trinajstić information content (AvgIpc) is 2.83. The van der Waals surface area contributed by atoms with Crippen LogP contribution in [0.1, 0.15) is 33.6 Å². The van der Waals surface area contributed by atoms with E-state index in [4.69, 9.17) is 9.84 Å². The maximum absolute atomic E-state index is 12.1. The van der Waals surface area contributed by atoms with Gasteiger partial charge in [0.2, 0.25) is 10.0 Å². The van der Waals surface area contributed by atoms with Crippen LogP contribution in [0.15, 0.2) is 24.3 Å². The molecular formula is C16H20N2O7S. The molecule has 1 heterocycles. The highest BCUT2D eigenvalue weighted by molar-refractivity contribution is 7.89. The Morgan fingerprint density at radius 2 is 1.73 bits per heavy atom. The van der Waals surface area contributed by atoms with Crippen LogP contribution in [0.25, 0.3) is 0 Å². The molecule has 0 saturated heterocycles. The van der Waals surface area contributed by atoms with E-state index in [1.807, 2.05) is 0 Å². The largest absolute Gasteiger partial charge is 0.481 e. The Morgan fingerprint density at radius 1 is 1.12 bits per heavy atom. The van der Waals surface area contributed by atoms with Gasteiger partial charge in [-0.2, -0.15) is 0 Å². The zero-order chi connectivity index (χ0) is 19.2. The summed E-state index contributed by atoms with van der Waals surface area (Å²) in [4.78, 5) is 35.7. The second-order valence-corrected chi connectivity index (χ2v) is 7.56. The molecule has 26 heavy (non-hydrogen) atoms. The summed E-state index contributed by atoms with van der Waals surface area (Å²) in [6.45, 7) is 0.0134. The van der Waals surface area contributed by atoms with Gasteiger partial charge >= 0.3 is 5.97 Å². The van der Waals surface area contributed by atoms with E-state index in [-0.39, 0.29) is 56.7 Å². The van der Waals surface area contributed by atoms with Crippen molar-refractivity contribution < 1.29 is 32.6 Å². The fourth-order valence-corrected chi connectivity index (χ4v) is 3.35. The van der Waals surface area contributed by atoms with Gasteiger partial charge in [-0.25, -0.2) is 13.1 Å². The van der Waals surface area contributed by atoms with E-state index in [1.54, 1.807) is 24.3 Å². The van der Waals surface area contributed by atoms with Crippen molar-refractivity contribution in [3.63, 3.8) is 0 Å². The molecule has 0 unspecified atom stereocenters. The number of benzene rings is 1. The van der Waals surface area contributed by atoms with E-state index in [9.17, 15) is 22.8 Å². The predicted octanol–water partition coefficient (Wildman–Crippen LogP) is 0.0834. The first-order valence-electron chi connectivity index (χ1n) is 8.04. The smallest absolute Gasteiger partial charge is 0.303 e. The Labute approximate surface area is 151 Å². The summed E-state index contributed by atoms with van der Waals surface area (Å²) in [6.07, 6.45) is 0.0917. The van der Waals surface area contributed by atoms with Gasteiger partial charge < -0.3 is 9.84 Å². The number of sulfonamides is 1. The summed E-state index contributed by atoms with van der Waals surface area (Å²) in [6, 6.07) is 6.52. The van der Waals surface area contributed by atoms with Crippen LogP contribution in [0.4, 0.5) is 0 Å². The number of aliphatic carboxylic acids is 1. The summed E-state index contributed by atoms with van der Waals surface area (Å²) in [5.41, 5.74) is 0.705. The molecule has 2 N–H and O–H groups in total. The second-order valence-electron chi connectivity index (χ2n) is 5.63. The van der Waals surface area contributed by atoms with E-state index < -0.39 is 16.0 Å². The molecule has 0 aromatic heterocycles. The third-order valence-electron chi connectivity index (χ3n) is 3.72. The number of ether oxygens (including phenoxy) is 1. The van der Waals surface area contributed by atoms with Gasteiger partial charge in [0, 0.05) is 13.0 Å². The minimum Gasteiger partial charge on any atom is -0.481 e. The zero-order valence-corrected chi connectivity index (χ0v) is 14.8. The Hall–Kier alpha value is -2.30. The van der Waals surface area contributed by atoms with Crippen molar-refractivity contribution in [3.8, 4) is 0 Å². The second kappa shape index (κ2) is 8.88. The molecule has 1 aliphatic heterocycles. The van der Waals surface area contributed by atoms with E-state index in [0.717, 1.165) is 4.90 Å². The minimum atomic E-state index is -3.56. The molecule has 1 aliphatic rings. The van der Waals surface area contributed by atoms with Crippen LogP contribution in [0.3, 0.4) is 0 Å². The van der Waals surface area contributed by atoms with Gasteiger partial charge in [-0.3, -0.25) is 19.3 Å². The lowest BCUT2D eigenvalue weighted by Gasteiger charge is -2.14. The molecule has 0 atom stereocenters. The molecule has 2 amide bonds. The lowest BCUT2D eigenvalue weighted by molar-refractivity contribution is -0.137. The number of imide groups is 1. The first-order chi connectivity index (χ1) is 12.3. The maximum Gasteiger partial charge on any atom is 0.303 e.